The van der Waals surface area contributed by atoms with Crippen LogP contribution in [0.15, 0.2) is 41.6 Å². The summed E-state index contributed by atoms with van der Waals surface area (Å²) in [6.07, 6.45) is 5.70. The largest absolute Gasteiger partial charge is 0.388 e. The second-order valence-corrected chi connectivity index (χ2v) is 10.9. The van der Waals surface area contributed by atoms with Crippen molar-refractivity contribution in [1.29, 1.82) is 0 Å². The lowest BCUT2D eigenvalue weighted by atomic mass is 9.91. The number of carbonyl (C=O) groups is 2. The third-order valence-corrected chi connectivity index (χ3v) is 8.08. The number of piperidine rings is 1. The molecular weight excluding hydrogens is 486 g/mol. The number of benzene rings is 1. The summed E-state index contributed by atoms with van der Waals surface area (Å²) < 4.78 is 3.00. The van der Waals surface area contributed by atoms with Gasteiger partial charge in [0, 0.05) is 50.7 Å². The molecule has 1 aliphatic carbocycles. The SMILES string of the molecule is CN1CCN(C(=O)c2cccc(-n3ncc4c(=O)n(CC5(O)CCN(C(=O)C6CC6)CC5)cnc43)c2)CC1. The van der Waals surface area contributed by atoms with E-state index in [0.29, 0.717) is 61.3 Å². The van der Waals surface area contributed by atoms with Crippen LogP contribution in [-0.4, -0.2) is 103 Å². The van der Waals surface area contributed by atoms with Crippen molar-refractivity contribution in [2.75, 3.05) is 46.3 Å². The van der Waals surface area contributed by atoms with E-state index in [1.165, 1.54) is 17.1 Å². The summed E-state index contributed by atoms with van der Waals surface area (Å²) in [5.41, 5.74) is 0.254. The topological polar surface area (TPSA) is 117 Å². The molecule has 38 heavy (non-hydrogen) atoms. The molecule has 2 saturated heterocycles. The second-order valence-electron chi connectivity index (χ2n) is 10.9. The summed E-state index contributed by atoms with van der Waals surface area (Å²) in [5, 5.41) is 15.9. The molecule has 4 heterocycles. The van der Waals surface area contributed by atoms with Crippen LogP contribution in [0.1, 0.15) is 36.0 Å². The first kappa shape index (κ1) is 24.7. The van der Waals surface area contributed by atoms with Crippen LogP contribution in [0.5, 0.6) is 0 Å². The van der Waals surface area contributed by atoms with E-state index in [9.17, 15) is 19.5 Å². The van der Waals surface area contributed by atoms with E-state index < -0.39 is 5.60 Å². The molecule has 3 aromatic rings. The molecule has 1 N–H and O–H groups in total. The Kier molecular flexibility index (Phi) is 6.27. The van der Waals surface area contributed by atoms with Gasteiger partial charge in [0.25, 0.3) is 11.5 Å². The Hall–Kier alpha value is -3.57. The van der Waals surface area contributed by atoms with Crippen molar-refractivity contribution in [3.05, 3.63) is 52.7 Å². The molecule has 0 unspecified atom stereocenters. The number of amides is 2. The van der Waals surface area contributed by atoms with Gasteiger partial charge in [-0.15, -0.1) is 0 Å². The molecule has 0 spiro atoms. The molecule has 0 radical (unpaired) electrons. The molecule has 11 heteroatoms. The van der Waals surface area contributed by atoms with Crippen LogP contribution in [0, 0.1) is 5.92 Å². The van der Waals surface area contributed by atoms with Gasteiger partial charge in [-0.05, 0) is 50.9 Å². The average Bonchev–Trinajstić information content (AvgIpc) is 3.69. The molecule has 2 aliphatic heterocycles. The van der Waals surface area contributed by atoms with Gasteiger partial charge in [0.05, 0.1) is 24.0 Å². The molecule has 2 aromatic heterocycles. The summed E-state index contributed by atoms with van der Waals surface area (Å²) >= 11 is 0. The van der Waals surface area contributed by atoms with Crippen LogP contribution in [0.3, 0.4) is 0 Å². The monoisotopic (exact) mass is 519 g/mol. The van der Waals surface area contributed by atoms with Gasteiger partial charge < -0.3 is 19.8 Å². The quantitative estimate of drug-likeness (QED) is 0.528. The number of hydrogen-bond donors (Lipinski definition) is 1. The number of nitrogens with zero attached hydrogens (tertiary/aromatic N) is 7. The van der Waals surface area contributed by atoms with Crippen LogP contribution in [-0.2, 0) is 11.3 Å². The molecular formula is C27H33N7O4. The molecule has 200 valence electrons. The van der Waals surface area contributed by atoms with Gasteiger partial charge in [0.2, 0.25) is 5.91 Å². The minimum Gasteiger partial charge on any atom is -0.388 e. The number of piperazine rings is 1. The van der Waals surface area contributed by atoms with Crippen molar-refractivity contribution >= 4 is 22.8 Å². The van der Waals surface area contributed by atoms with Crippen molar-refractivity contribution in [3.8, 4) is 5.69 Å². The summed E-state index contributed by atoms with van der Waals surface area (Å²) in [6.45, 7) is 4.17. The predicted molar refractivity (Wildman–Crippen MR) is 140 cm³/mol. The maximum absolute atomic E-state index is 13.3. The Balaban J connectivity index is 1.20. The van der Waals surface area contributed by atoms with Gasteiger partial charge in [-0.3, -0.25) is 19.0 Å². The van der Waals surface area contributed by atoms with Crippen LogP contribution in [0.25, 0.3) is 16.7 Å². The third-order valence-electron chi connectivity index (χ3n) is 8.08. The predicted octanol–water partition coefficient (Wildman–Crippen LogP) is 0.733. The number of fused-ring (bicyclic) bond motifs is 1. The smallest absolute Gasteiger partial charge is 0.264 e. The van der Waals surface area contributed by atoms with Crippen molar-refractivity contribution in [2.45, 2.75) is 37.8 Å². The number of carbonyl (C=O) groups excluding carboxylic acids is 2. The molecule has 1 aromatic carbocycles. The summed E-state index contributed by atoms with van der Waals surface area (Å²) in [7, 11) is 2.05. The van der Waals surface area contributed by atoms with Crippen molar-refractivity contribution in [3.63, 3.8) is 0 Å². The fourth-order valence-corrected chi connectivity index (χ4v) is 5.42. The van der Waals surface area contributed by atoms with Crippen LogP contribution < -0.4 is 5.56 Å². The molecule has 0 atom stereocenters. The molecule has 1 saturated carbocycles. The minimum absolute atomic E-state index is 0.0233. The first-order valence-electron chi connectivity index (χ1n) is 13.3. The number of aliphatic hydroxyl groups is 1. The molecule has 3 aliphatic rings. The zero-order valence-electron chi connectivity index (χ0n) is 21.6. The average molecular weight is 520 g/mol. The molecule has 2 amide bonds. The van der Waals surface area contributed by atoms with E-state index in [1.807, 2.05) is 29.0 Å². The van der Waals surface area contributed by atoms with Crippen molar-refractivity contribution in [2.24, 2.45) is 5.92 Å². The number of likely N-dealkylation sites (N-methyl/N-ethyl adjacent to an activating group) is 1. The Bertz CT molecular complexity index is 1430. The van der Waals surface area contributed by atoms with E-state index in [0.717, 1.165) is 25.9 Å². The highest BCUT2D eigenvalue weighted by atomic mass is 16.3. The third kappa shape index (κ3) is 4.71. The van der Waals surface area contributed by atoms with E-state index in [4.69, 9.17) is 0 Å². The molecule has 6 rings (SSSR count). The number of likely N-dealkylation sites (tertiary alicyclic amines) is 1. The van der Waals surface area contributed by atoms with Gasteiger partial charge in [0.1, 0.15) is 11.7 Å². The number of rotatable bonds is 5. The standard InChI is InChI=1S/C27H33N7O4/c1-30-11-13-32(14-12-30)25(36)20-3-2-4-21(15-20)34-23-22(16-29-34)26(37)33(18-28-23)17-27(38)7-9-31(10-8-27)24(35)19-5-6-19/h2-4,15-16,18-19,38H,5-14,17H2,1H3. The maximum atomic E-state index is 13.3. The van der Waals surface area contributed by atoms with Crippen LogP contribution in [0.4, 0.5) is 0 Å². The van der Waals surface area contributed by atoms with E-state index in [2.05, 4.69) is 15.0 Å². The summed E-state index contributed by atoms with van der Waals surface area (Å²) in [6, 6.07) is 7.21. The Morgan fingerprint density at radius 1 is 1.05 bits per heavy atom. The van der Waals surface area contributed by atoms with Gasteiger partial charge in [0.15, 0.2) is 5.65 Å². The number of hydrogen-bond acceptors (Lipinski definition) is 7. The highest BCUT2D eigenvalue weighted by Gasteiger charge is 2.39. The highest BCUT2D eigenvalue weighted by molar-refractivity contribution is 5.95. The lowest BCUT2D eigenvalue weighted by Crippen LogP contribution is -2.50. The highest BCUT2D eigenvalue weighted by Crippen LogP contribution is 2.33. The summed E-state index contributed by atoms with van der Waals surface area (Å²) in [5.74, 6) is 0.330. The van der Waals surface area contributed by atoms with Crippen molar-refractivity contribution < 1.29 is 14.7 Å². The van der Waals surface area contributed by atoms with Gasteiger partial charge in [-0.2, -0.15) is 5.10 Å². The Morgan fingerprint density at radius 2 is 1.79 bits per heavy atom. The van der Waals surface area contributed by atoms with Crippen molar-refractivity contribution in [1.82, 2.24) is 34.0 Å². The lowest BCUT2D eigenvalue weighted by Gasteiger charge is -2.38. The molecule has 11 nitrogen and oxygen atoms in total. The van der Waals surface area contributed by atoms with E-state index in [1.54, 1.807) is 16.8 Å². The van der Waals surface area contributed by atoms with E-state index >= 15 is 0 Å². The fourth-order valence-electron chi connectivity index (χ4n) is 5.42. The normalized spacial score (nSPS) is 20.2. The maximum Gasteiger partial charge on any atom is 0.264 e. The fraction of sp³-hybridized carbons (Fsp3) is 0.519. The first-order valence-corrected chi connectivity index (χ1v) is 13.3. The van der Waals surface area contributed by atoms with Gasteiger partial charge >= 0.3 is 0 Å². The zero-order valence-corrected chi connectivity index (χ0v) is 21.6. The lowest BCUT2D eigenvalue weighted by molar-refractivity contribution is -0.137. The molecule has 3 fully saturated rings. The Morgan fingerprint density at radius 3 is 2.50 bits per heavy atom. The first-order chi connectivity index (χ1) is 18.3. The zero-order chi connectivity index (χ0) is 26.4. The minimum atomic E-state index is -1.08. The Labute approximate surface area is 220 Å². The van der Waals surface area contributed by atoms with E-state index in [-0.39, 0.29) is 29.8 Å². The van der Waals surface area contributed by atoms with Gasteiger partial charge in [-0.1, -0.05) is 6.07 Å². The number of aromatic nitrogens is 4. The van der Waals surface area contributed by atoms with Crippen LogP contribution in [0.2, 0.25) is 0 Å². The summed E-state index contributed by atoms with van der Waals surface area (Å²) in [4.78, 5) is 49.1. The second kappa shape index (κ2) is 9.63. The van der Waals surface area contributed by atoms with Crippen LogP contribution >= 0.6 is 0 Å². The molecule has 0 bridgehead atoms. The van der Waals surface area contributed by atoms with Gasteiger partial charge in [-0.25, -0.2) is 9.67 Å².